The molecule has 0 aromatic rings. The number of aliphatic hydroxyl groups excluding tert-OH is 2. The lowest BCUT2D eigenvalue weighted by atomic mass is 9.39. The fourth-order valence-electron chi connectivity index (χ4n) is 8.58. The van der Waals surface area contributed by atoms with Gasteiger partial charge in [0.2, 0.25) is 5.78 Å². The molecule has 8 atom stereocenters. The van der Waals surface area contributed by atoms with Crippen LogP contribution in [0.4, 0.5) is 0 Å². The molecular formula is C30H42O7. The number of Topliss-reactive ketones (excluding diaryl/α,β-unsaturated/α-hetero) is 2. The molecule has 0 radical (unpaired) electrons. The van der Waals surface area contributed by atoms with E-state index in [0.29, 0.717) is 12.8 Å². The van der Waals surface area contributed by atoms with E-state index < -0.39 is 56.6 Å². The Balaban J connectivity index is 1.82. The van der Waals surface area contributed by atoms with Crippen molar-refractivity contribution in [2.75, 3.05) is 0 Å². The molecule has 2 saturated carbocycles. The topological polar surface area (TPSA) is 132 Å². The maximum absolute atomic E-state index is 14.2. The normalized spacial score (nSPS) is 42.9. The Bertz CT molecular complexity index is 1150. The van der Waals surface area contributed by atoms with Gasteiger partial charge in [0.1, 0.15) is 11.4 Å². The Labute approximate surface area is 219 Å². The van der Waals surface area contributed by atoms with E-state index in [1.807, 2.05) is 26.8 Å². The number of carbonyl (C=O) groups is 3. The molecule has 0 amide bonds. The van der Waals surface area contributed by atoms with Crippen molar-refractivity contribution >= 4 is 17.3 Å². The molecule has 4 N–H and O–H groups in total. The van der Waals surface area contributed by atoms with Crippen molar-refractivity contribution in [1.29, 1.82) is 0 Å². The third kappa shape index (κ3) is 3.60. The van der Waals surface area contributed by atoms with Gasteiger partial charge >= 0.3 is 0 Å². The maximum atomic E-state index is 14.2. The van der Waals surface area contributed by atoms with Gasteiger partial charge in [-0.25, -0.2) is 0 Å². The average Bonchev–Trinajstić information content (AvgIpc) is 2.96. The van der Waals surface area contributed by atoms with E-state index in [4.69, 9.17) is 0 Å². The number of carbonyl (C=O) groups excluding carboxylic acids is 3. The van der Waals surface area contributed by atoms with E-state index in [-0.39, 0.29) is 29.7 Å². The second-order valence-electron chi connectivity index (χ2n) is 13.9. The number of allylic oxidation sites excluding steroid dienone is 4. The van der Waals surface area contributed by atoms with E-state index >= 15 is 0 Å². The minimum atomic E-state index is -1.96. The second kappa shape index (κ2) is 7.96. The van der Waals surface area contributed by atoms with Gasteiger partial charge in [-0.2, -0.15) is 0 Å². The SMILES string of the molecule is CC(C)(O)/C=C/C(=O)[C@](C)(O)[C@@H]1[C@H](O)C[C@@]2(C)[C@@H]3CC=C4[C@@H](C=C(O)C(=O)C4(C)C)[C@@]3(C)C(=O)C[C@]12C. The van der Waals surface area contributed by atoms with E-state index in [1.165, 1.54) is 32.9 Å². The highest BCUT2D eigenvalue weighted by Crippen LogP contribution is 2.73. The largest absolute Gasteiger partial charge is 0.505 e. The zero-order chi connectivity index (χ0) is 28.1. The lowest BCUT2D eigenvalue weighted by Gasteiger charge is -2.63. The first-order chi connectivity index (χ1) is 16.7. The summed E-state index contributed by atoms with van der Waals surface area (Å²) in [7, 11) is 0. The first-order valence-corrected chi connectivity index (χ1v) is 13.2. The molecule has 0 aromatic carbocycles. The molecular weight excluding hydrogens is 472 g/mol. The van der Waals surface area contributed by atoms with Crippen LogP contribution in [-0.4, -0.2) is 55.1 Å². The molecule has 0 saturated heterocycles. The Morgan fingerprint density at radius 2 is 1.65 bits per heavy atom. The molecule has 7 heteroatoms. The van der Waals surface area contributed by atoms with Gasteiger partial charge in [-0.05, 0) is 76.4 Å². The van der Waals surface area contributed by atoms with Crippen LogP contribution in [0.3, 0.4) is 0 Å². The predicted octanol–water partition coefficient (Wildman–Crippen LogP) is 3.62. The Hall–Kier alpha value is -2.09. The summed E-state index contributed by atoms with van der Waals surface area (Å²) in [6, 6.07) is 0. The van der Waals surface area contributed by atoms with Gasteiger partial charge in [-0.15, -0.1) is 0 Å². The number of ketones is 3. The second-order valence-corrected chi connectivity index (χ2v) is 13.9. The molecule has 0 heterocycles. The molecule has 37 heavy (non-hydrogen) atoms. The van der Waals surface area contributed by atoms with Gasteiger partial charge < -0.3 is 20.4 Å². The number of rotatable bonds is 4. The number of hydrogen-bond donors (Lipinski definition) is 4. The molecule has 4 aliphatic rings. The molecule has 0 bridgehead atoms. The van der Waals surface area contributed by atoms with Gasteiger partial charge in [-0.1, -0.05) is 38.5 Å². The van der Waals surface area contributed by atoms with Gasteiger partial charge in [0.15, 0.2) is 11.5 Å². The minimum Gasteiger partial charge on any atom is -0.505 e. The van der Waals surface area contributed by atoms with Crippen molar-refractivity contribution in [2.45, 2.75) is 92.0 Å². The van der Waals surface area contributed by atoms with Gasteiger partial charge in [0, 0.05) is 23.7 Å². The number of aliphatic hydroxyl groups is 4. The Morgan fingerprint density at radius 1 is 1.05 bits per heavy atom. The van der Waals surface area contributed by atoms with Crippen LogP contribution >= 0.6 is 0 Å². The van der Waals surface area contributed by atoms with Gasteiger partial charge in [-0.3, -0.25) is 14.4 Å². The van der Waals surface area contributed by atoms with Crippen molar-refractivity contribution in [2.24, 2.45) is 39.4 Å². The van der Waals surface area contributed by atoms with Crippen molar-refractivity contribution in [3.8, 4) is 0 Å². The molecule has 4 aliphatic carbocycles. The molecule has 0 unspecified atom stereocenters. The third-order valence-electron chi connectivity index (χ3n) is 10.8. The summed E-state index contributed by atoms with van der Waals surface area (Å²) in [6.07, 6.45) is 5.85. The summed E-state index contributed by atoms with van der Waals surface area (Å²) in [4.78, 5) is 40.1. The van der Waals surface area contributed by atoms with Crippen molar-refractivity contribution < 1.29 is 34.8 Å². The minimum absolute atomic E-state index is 0.0453. The molecule has 2 fully saturated rings. The Morgan fingerprint density at radius 3 is 2.22 bits per heavy atom. The van der Waals surface area contributed by atoms with Crippen molar-refractivity contribution in [3.63, 3.8) is 0 Å². The van der Waals surface area contributed by atoms with E-state index in [9.17, 15) is 34.8 Å². The molecule has 7 nitrogen and oxygen atoms in total. The standard InChI is InChI=1S/C30H42O7/c1-25(2,36)12-11-21(33)30(8,37)23-19(32)14-27(5)20-10-9-16-17(13-18(31)24(35)26(16,3)4)29(20,7)22(34)15-28(23,27)6/h9,11-13,17,19-20,23,31-32,36-37H,10,14-15H2,1-8H3/b12-11+/t17-,19-,20+,23-,27+,28-,29-,30+/m1/s1. The summed E-state index contributed by atoms with van der Waals surface area (Å²) >= 11 is 0. The van der Waals surface area contributed by atoms with Crippen LogP contribution in [0.5, 0.6) is 0 Å². The van der Waals surface area contributed by atoms with E-state index in [2.05, 4.69) is 0 Å². The summed E-state index contributed by atoms with van der Waals surface area (Å²) < 4.78 is 0. The van der Waals surface area contributed by atoms with Crippen LogP contribution in [0.2, 0.25) is 0 Å². The maximum Gasteiger partial charge on any atom is 0.206 e. The van der Waals surface area contributed by atoms with Crippen LogP contribution in [0, 0.1) is 39.4 Å². The zero-order valence-electron chi connectivity index (χ0n) is 23.3. The molecule has 0 aromatic heterocycles. The lowest BCUT2D eigenvalue weighted by Crippen LogP contribution is -2.64. The fourth-order valence-corrected chi connectivity index (χ4v) is 8.58. The monoisotopic (exact) mass is 514 g/mol. The average molecular weight is 515 g/mol. The first kappa shape index (κ1) is 27.9. The lowest BCUT2D eigenvalue weighted by molar-refractivity contribution is -0.179. The molecule has 0 spiro atoms. The van der Waals surface area contributed by atoms with E-state index in [0.717, 1.165) is 11.6 Å². The summed E-state index contributed by atoms with van der Waals surface area (Å²) in [5.74, 6) is -2.98. The summed E-state index contributed by atoms with van der Waals surface area (Å²) in [5, 5.41) is 43.6. The van der Waals surface area contributed by atoms with Crippen LogP contribution < -0.4 is 0 Å². The number of fused-ring (bicyclic) bond motifs is 5. The summed E-state index contributed by atoms with van der Waals surface area (Å²) in [5.41, 5.74) is -5.75. The summed E-state index contributed by atoms with van der Waals surface area (Å²) in [6.45, 7) is 13.8. The third-order valence-corrected chi connectivity index (χ3v) is 10.8. The first-order valence-electron chi connectivity index (χ1n) is 13.2. The predicted molar refractivity (Wildman–Crippen MR) is 138 cm³/mol. The van der Waals surface area contributed by atoms with E-state index in [1.54, 1.807) is 13.8 Å². The van der Waals surface area contributed by atoms with Crippen LogP contribution in [0.1, 0.15) is 74.7 Å². The van der Waals surface area contributed by atoms with Gasteiger partial charge in [0.25, 0.3) is 0 Å². The number of hydrogen-bond acceptors (Lipinski definition) is 7. The van der Waals surface area contributed by atoms with Crippen LogP contribution in [0.15, 0.2) is 35.6 Å². The smallest absolute Gasteiger partial charge is 0.206 e. The highest BCUT2D eigenvalue weighted by molar-refractivity contribution is 6.02. The van der Waals surface area contributed by atoms with Gasteiger partial charge in [0.05, 0.1) is 17.1 Å². The van der Waals surface area contributed by atoms with Crippen LogP contribution in [-0.2, 0) is 14.4 Å². The zero-order valence-corrected chi connectivity index (χ0v) is 23.3. The van der Waals surface area contributed by atoms with Crippen molar-refractivity contribution in [1.82, 2.24) is 0 Å². The fraction of sp³-hybridized carbons (Fsp3) is 0.700. The molecule has 4 rings (SSSR count). The molecule has 0 aliphatic heterocycles. The Kier molecular flexibility index (Phi) is 6.01. The highest BCUT2D eigenvalue weighted by Gasteiger charge is 2.74. The van der Waals surface area contributed by atoms with Crippen LogP contribution in [0.25, 0.3) is 0 Å². The molecule has 204 valence electrons. The highest BCUT2D eigenvalue weighted by atomic mass is 16.3. The quantitative estimate of drug-likeness (QED) is 0.333. The van der Waals surface area contributed by atoms with Crippen molar-refractivity contribution in [3.05, 3.63) is 35.6 Å².